The molecule has 5 heteroatoms. The maximum atomic E-state index is 13.0. The molecule has 2 nitrogen and oxygen atoms in total. The van der Waals surface area contributed by atoms with Crippen LogP contribution in [0.1, 0.15) is 22.4 Å². The molecule has 1 unspecified atom stereocenters. The van der Waals surface area contributed by atoms with Crippen LogP contribution in [0.15, 0.2) is 23.6 Å². The molecule has 1 aromatic carbocycles. The summed E-state index contributed by atoms with van der Waals surface area (Å²) < 4.78 is 13.0. The van der Waals surface area contributed by atoms with Crippen molar-refractivity contribution >= 4 is 22.9 Å². The highest BCUT2D eigenvalue weighted by molar-refractivity contribution is 7.09. The van der Waals surface area contributed by atoms with Crippen molar-refractivity contribution in [3.8, 4) is 0 Å². The molecule has 0 saturated heterocycles. The number of hydrogen-bond acceptors (Lipinski definition) is 3. The Morgan fingerprint density at radius 2 is 2.29 bits per heavy atom. The highest BCUT2D eigenvalue weighted by atomic mass is 35.5. The number of aliphatic hydroxyl groups excluding tert-OH is 1. The Morgan fingerprint density at radius 3 is 2.88 bits per heavy atom. The second-order valence-corrected chi connectivity index (χ2v) is 5.13. The van der Waals surface area contributed by atoms with E-state index in [0.717, 1.165) is 10.7 Å². The average molecular weight is 272 g/mol. The highest BCUT2D eigenvalue weighted by Gasteiger charge is 2.12. The van der Waals surface area contributed by atoms with Crippen LogP contribution in [0, 0.1) is 12.7 Å². The van der Waals surface area contributed by atoms with Crippen LogP contribution in [0.3, 0.4) is 0 Å². The van der Waals surface area contributed by atoms with Crippen molar-refractivity contribution in [2.24, 2.45) is 0 Å². The smallest absolute Gasteiger partial charge is 0.141 e. The van der Waals surface area contributed by atoms with Crippen LogP contribution >= 0.6 is 22.9 Å². The van der Waals surface area contributed by atoms with Crippen LogP contribution in [-0.4, -0.2) is 10.1 Å². The molecule has 0 aliphatic heterocycles. The highest BCUT2D eigenvalue weighted by Crippen LogP contribution is 2.24. The van der Waals surface area contributed by atoms with E-state index in [1.54, 1.807) is 0 Å². The molecule has 0 saturated carbocycles. The number of halogens is 2. The van der Waals surface area contributed by atoms with Crippen LogP contribution in [-0.2, 0) is 6.42 Å². The third-order valence-corrected chi connectivity index (χ3v) is 3.64. The summed E-state index contributed by atoms with van der Waals surface area (Å²) >= 11 is 7.17. The average Bonchev–Trinajstić information content (AvgIpc) is 2.68. The second-order valence-electron chi connectivity index (χ2n) is 3.78. The van der Waals surface area contributed by atoms with Crippen molar-refractivity contribution in [3.63, 3.8) is 0 Å². The summed E-state index contributed by atoms with van der Waals surface area (Å²) in [5.74, 6) is -0.479. The van der Waals surface area contributed by atoms with E-state index < -0.39 is 11.9 Å². The van der Waals surface area contributed by atoms with Gasteiger partial charge >= 0.3 is 0 Å². The largest absolute Gasteiger partial charge is 0.388 e. The minimum atomic E-state index is -0.710. The van der Waals surface area contributed by atoms with Crippen molar-refractivity contribution in [2.75, 3.05) is 0 Å². The van der Waals surface area contributed by atoms with Gasteiger partial charge in [0.25, 0.3) is 0 Å². The van der Waals surface area contributed by atoms with E-state index in [1.807, 2.05) is 12.3 Å². The fraction of sp³-hybridized carbons (Fsp3) is 0.250. The molecule has 2 rings (SSSR count). The Morgan fingerprint density at radius 1 is 1.53 bits per heavy atom. The number of hydrogen-bond donors (Lipinski definition) is 1. The molecule has 1 N–H and O–H groups in total. The molecule has 0 aliphatic carbocycles. The zero-order valence-electron chi connectivity index (χ0n) is 9.15. The van der Waals surface area contributed by atoms with E-state index in [9.17, 15) is 9.50 Å². The van der Waals surface area contributed by atoms with Gasteiger partial charge in [-0.25, -0.2) is 9.37 Å². The first-order valence-electron chi connectivity index (χ1n) is 5.10. The predicted octanol–water partition coefficient (Wildman–Crippen LogP) is 3.52. The summed E-state index contributed by atoms with van der Waals surface area (Å²) in [6.07, 6.45) is -0.292. The van der Waals surface area contributed by atoms with Crippen molar-refractivity contribution in [3.05, 3.63) is 50.7 Å². The summed E-state index contributed by atoms with van der Waals surface area (Å²) in [6, 6.07) is 4.24. The summed E-state index contributed by atoms with van der Waals surface area (Å²) in [6.45, 7) is 1.90. The zero-order chi connectivity index (χ0) is 12.4. The molecule has 1 aromatic heterocycles. The first-order valence-corrected chi connectivity index (χ1v) is 6.36. The number of benzene rings is 1. The molecule has 17 heavy (non-hydrogen) atoms. The van der Waals surface area contributed by atoms with E-state index >= 15 is 0 Å². The van der Waals surface area contributed by atoms with Crippen LogP contribution < -0.4 is 0 Å². The molecule has 0 fully saturated rings. The maximum absolute atomic E-state index is 13.0. The van der Waals surface area contributed by atoms with Crippen LogP contribution in [0.2, 0.25) is 5.02 Å². The van der Waals surface area contributed by atoms with Crippen molar-refractivity contribution in [2.45, 2.75) is 19.4 Å². The predicted molar refractivity (Wildman–Crippen MR) is 66.9 cm³/mol. The molecule has 0 spiro atoms. The second kappa shape index (κ2) is 5.12. The lowest BCUT2D eigenvalue weighted by molar-refractivity contribution is 0.178. The van der Waals surface area contributed by atoms with E-state index in [4.69, 9.17) is 11.6 Å². The third kappa shape index (κ3) is 3.03. The monoisotopic (exact) mass is 271 g/mol. The number of thiazole rings is 1. The van der Waals surface area contributed by atoms with E-state index in [1.165, 1.54) is 29.5 Å². The van der Waals surface area contributed by atoms with Crippen molar-refractivity contribution < 1.29 is 9.50 Å². The lowest BCUT2D eigenvalue weighted by Crippen LogP contribution is -2.02. The minimum absolute atomic E-state index is 0.0249. The molecule has 1 atom stereocenters. The molecular formula is C12H11ClFNOS. The van der Waals surface area contributed by atoms with E-state index in [0.29, 0.717) is 12.0 Å². The van der Waals surface area contributed by atoms with Gasteiger partial charge in [-0.1, -0.05) is 17.7 Å². The van der Waals surface area contributed by atoms with Gasteiger partial charge in [0, 0.05) is 17.5 Å². The third-order valence-electron chi connectivity index (χ3n) is 2.36. The Balaban J connectivity index is 2.14. The number of aromatic nitrogens is 1. The Hall–Kier alpha value is -0.970. The first-order chi connectivity index (χ1) is 8.06. The normalized spacial score (nSPS) is 12.7. The molecule has 0 aliphatic rings. The quantitative estimate of drug-likeness (QED) is 0.927. The SMILES string of the molecule is Cc1csc(CC(O)c2ccc(F)c(Cl)c2)n1. The molecule has 2 aromatic rings. The van der Waals surface area contributed by atoms with Gasteiger partial charge in [0.05, 0.1) is 16.1 Å². The fourth-order valence-corrected chi connectivity index (χ4v) is 2.50. The maximum Gasteiger partial charge on any atom is 0.141 e. The Kier molecular flexibility index (Phi) is 3.76. The van der Waals surface area contributed by atoms with Crippen LogP contribution in [0.25, 0.3) is 0 Å². The molecule has 1 heterocycles. The molecule has 0 bridgehead atoms. The molecule has 0 radical (unpaired) electrons. The van der Waals surface area contributed by atoms with Crippen LogP contribution in [0.4, 0.5) is 4.39 Å². The van der Waals surface area contributed by atoms with Crippen molar-refractivity contribution in [1.29, 1.82) is 0 Å². The fourth-order valence-electron chi connectivity index (χ4n) is 1.50. The van der Waals surface area contributed by atoms with Gasteiger partial charge in [0.1, 0.15) is 5.82 Å². The van der Waals surface area contributed by atoms with Gasteiger partial charge in [-0.05, 0) is 24.6 Å². The Labute approximate surface area is 108 Å². The van der Waals surface area contributed by atoms with E-state index in [2.05, 4.69) is 4.98 Å². The summed E-state index contributed by atoms with van der Waals surface area (Å²) in [7, 11) is 0. The first kappa shape index (κ1) is 12.5. The van der Waals surface area contributed by atoms with Crippen molar-refractivity contribution in [1.82, 2.24) is 4.98 Å². The molecular weight excluding hydrogens is 261 g/mol. The molecule has 90 valence electrons. The number of rotatable bonds is 3. The van der Waals surface area contributed by atoms with Gasteiger partial charge < -0.3 is 5.11 Å². The summed E-state index contributed by atoms with van der Waals surface area (Å²) in [5, 5.41) is 12.8. The number of nitrogens with zero attached hydrogens (tertiary/aromatic N) is 1. The number of aliphatic hydroxyl groups is 1. The number of aryl methyl sites for hydroxylation is 1. The molecule has 0 amide bonds. The minimum Gasteiger partial charge on any atom is -0.388 e. The van der Waals surface area contributed by atoms with E-state index in [-0.39, 0.29) is 5.02 Å². The van der Waals surface area contributed by atoms with Gasteiger partial charge in [0.15, 0.2) is 0 Å². The van der Waals surface area contributed by atoms with Gasteiger partial charge in [-0.2, -0.15) is 0 Å². The summed E-state index contributed by atoms with van der Waals surface area (Å²) in [4.78, 5) is 4.27. The Bertz CT molecular complexity index is 529. The van der Waals surface area contributed by atoms with Gasteiger partial charge in [0.2, 0.25) is 0 Å². The topological polar surface area (TPSA) is 33.1 Å². The summed E-state index contributed by atoms with van der Waals surface area (Å²) in [5.41, 5.74) is 1.54. The van der Waals surface area contributed by atoms with Gasteiger partial charge in [-0.3, -0.25) is 0 Å². The lowest BCUT2D eigenvalue weighted by atomic mass is 10.1. The van der Waals surface area contributed by atoms with Gasteiger partial charge in [-0.15, -0.1) is 11.3 Å². The standard InChI is InChI=1S/C12H11ClFNOS/c1-7-6-17-12(15-7)5-11(16)8-2-3-10(14)9(13)4-8/h2-4,6,11,16H,5H2,1H3. The lowest BCUT2D eigenvalue weighted by Gasteiger charge is -2.09. The zero-order valence-corrected chi connectivity index (χ0v) is 10.7. The van der Waals surface area contributed by atoms with Crippen LogP contribution in [0.5, 0.6) is 0 Å².